The lowest BCUT2D eigenvalue weighted by molar-refractivity contribution is 0.308. The monoisotopic (exact) mass is 361 g/mol. The van der Waals surface area contributed by atoms with Crippen molar-refractivity contribution in [2.75, 3.05) is 7.05 Å². The summed E-state index contributed by atoms with van der Waals surface area (Å²) in [5.74, 6) is 0.886. The molecular weight excluding hydrogens is 346 g/mol. The molecule has 0 aliphatic heterocycles. The van der Waals surface area contributed by atoms with Crippen molar-refractivity contribution in [2.45, 2.75) is 13.2 Å². The third-order valence-corrected chi connectivity index (χ3v) is 5.14. The number of rotatable bonds is 5. The molecule has 0 saturated carbocycles. The molecule has 1 N–H and O–H groups in total. The van der Waals surface area contributed by atoms with Crippen LogP contribution in [0.15, 0.2) is 53.0 Å². The van der Waals surface area contributed by atoms with Gasteiger partial charge in [-0.3, -0.25) is 0 Å². The number of fused-ring (bicyclic) bond motifs is 1. The van der Waals surface area contributed by atoms with Gasteiger partial charge in [-0.1, -0.05) is 30.3 Å². The number of benzene rings is 2. The molecule has 108 valence electrons. The van der Waals surface area contributed by atoms with Gasteiger partial charge in [0.05, 0.1) is 4.47 Å². The summed E-state index contributed by atoms with van der Waals surface area (Å²) in [7, 11) is 1.96. The molecule has 4 heteroatoms. The Bertz CT molecular complexity index is 753. The van der Waals surface area contributed by atoms with Crippen LogP contribution in [0.25, 0.3) is 10.8 Å². The number of halogens is 1. The van der Waals surface area contributed by atoms with E-state index in [4.69, 9.17) is 4.74 Å². The molecule has 0 radical (unpaired) electrons. The summed E-state index contributed by atoms with van der Waals surface area (Å²) in [6.45, 7) is 1.51. The fourth-order valence-corrected chi connectivity index (χ4v) is 3.79. The molecule has 2 nitrogen and oxygen atoms in total. The first-order valence-electron chi connectivity index (χ1n) is 6.80. The highest BCUT2D eigenvalue weighted by molar-refractivity contribution is 9.10. The van der Waals surface area contributed by atoms with E-state index in [2.05, 4.69) is 51.6 Å². The van der Waals surface area contributed by atoms with Crippen molar-refractivity contribution in [3.63, 3.8) is 0 Å². The Balaban J connectivity index is 1.76. The summed E-state index contributed by atoms with van der Waals surface area (Å²) >= 11 is 5.44. The van der Waals surface area contributed by atoms with Gasteiger partial charge in [0.15, 0.2) is 0 Å². The zero-order valence-electron chi connectivity index (χ0n) is 11.7. The lowest BCUT2D eigenvalue weighted by atomic mass is 10.1. The number of hydrogen-bond acceptors (Lipinski definition) is 3. The van der Waals surface area contributed by atoms with Crippen LogP contribution < -0.4 is 10.1 Å². The van der Waals surface area contributed by atoms with E-state index >= 15 is 0 Å². The van der Waals surface area contributed by atoms with Crippen LogP contribution in [0.2, 0.25) is 0 Å². The first-order chi connectivity index (χ1) is 10.3. The van der Waals surface area contributed by atoms with Gasteiger partial charge in [-0.2, -0.15) is 0 Å². The second kappa shape index (κ2) is 6.60. The standard InChI is InChI=1S/C17H16BrNOS/c1-19-10-13-7-8-14(21-13)11-20-16-9-6-12-4-2-3-5-15(12)17(16)18/h2-9,19H,10-11H2,1H3. The molecule has 21 heavy (non-hydrogen) atoms. The molecule has 0 saturated heterocycles. The summed E-state index contributed by atoms with van der Waals surface area (Å²) in [4.78, 5) is 2.56. The Morgan fingerprint density at radius 3 is 2.71 bits per heavy atom. The maximum Gasteiger partial charge on any atom is 0.134 e. The molecule has 0 bridgehead atoms. The van der Waals surface area contributed by atoms with Crippen molar-refractivity contribution in [1.29, 1.82) is 0 Å². The van der Waals surface area contributed by atoms with Crippen LogP contribution in [0.5, 0.6) is 5.75 Å². The molecule has 0 aliphatic carbocycles. The minimum absolute atomic E-state index is 0.603. The molecule has 2 aromatic carbocycles. The maximum absolute atomic E-state index is 5.97. The lowest BCUT2D eigenvalue weighted by Crippen LogP contribution is -2.02. The van der Waals surface area contributed by atoms with E-state index in [9.17, 15) is 0 Å². The average Bonchev–Trinajstić information content (AvgIpc) is 2.95. The average molecular weight is 362 g/mol. The van der Waals surface area contributed by atoms with Gasteiger partial charge in [0.25, 0.3) is 0 Å². The summed E-state index contributed by atoms with van der Waals surface area (Å²) in [5.41, 5.74) is 0. The molecule has 1 heterocycles. The fourth-order valence-electron chi connectivity index (χ4n) is 2.24. The van der Waals surface area contributed by atoms with Crippen LogP contribution >= 0.6 is 27.3 Å². The molecule has 0 aliphatic rings. The van der Waals surface area contributed by atoms with Gasteiger partial charge < -0.3 is 10.1 Å². The lowest BCUT2D eigenvalue weighted by Gasteiger charge is -2.09. The molecule has 1 aromatic heterocycles. The smallest absolute Gasteiger partial charge is 0.134 e. The van der Waals surface area contributed by atoms with Crippen LogP contribution in [-0.4, -0.2) is 7.05 Å². The number of hydrogen-bond donors (Lipinski definition) is 1. The van der Waals surface area contributed by atoms with E-state index in [0.29, 0.717) is 6.61 Å². The normalized spacial score (nSPS) is 11.0. The van der Waals surface area contributed by atoms with Gasteiger partial charge >= 0.3 is 0 Å². The predicted octanol–water partition coefficient (Wildman–Crippen LogP) is 4.96. The molecule has 0 fully saturated rings. The minimum atomic E-state index is 0.603. The van der Waals surface area contributed by atoms with Crippen LogP contribution in [0.4, 0.5) is 0 Å². The third-order valence-electron chi connectivity index (χ3n) is 3.27. The van der Waals surface area contributed by atoms with Crippen LogP contribution in [0, 0.1) is 0 Å². The van der Waals surface area contributed by atoms with Crippen molar-refractivity contribution in [1.82, 2.24) is 5.32 Å². The Morgan fingerprint density at radius 1 is 1.05 bits per heavy atom. The van der Waals surface area contributed by atoms with E-state index < -0.39 is 0 Å². The van der Waals surface area contributed by atoms with E-state index in [1.807, 2.05) is 25.2 Å². The van der Waals surface area contributed by atoms with Gasteiger partial charge in [-0.15, -0.1) is 11.3 Å². The highest BCUT2D eigenvalue weighted by Gasteiger charge is 2.07. The highest BCUT2D eigenvalue weighted by atomic mass is 79.9. The second-order valence-electron chi connectivity index (χ2n) is 4.79. The largest absolute Gasteiger partial charge is 0.487 e. The highest BCUT2D eigenvalue weighted by Crippen LogP contribution is 2.33. The van der Waals surface area contributed by atoms with Crippen LogP contribution in [0.3, 0.4) is 0 Å². The van der Waals surface area contributed by atoms with E-state index in [1.54, 1.807) is 11.3 Å². The van der Waals surface area contributed by atoms with Gasteiger partial charge in [0.1, 0.15) is 12.4 Å². The fraction of sp³-hybridized carbons (Fsp3) is 0.176. The minimum Gasteiger partial charge on any atom is -0.487 e. The van der Waals surface area contributed by atoms with Crippen molar-refractivity contribution in [3.05, 3.63) is 62.8 Å². The maximum atomic E-state index is 5.97. The number of ether oxygens (including phenoxy) is 1. The topological polar surface area (TPSA) is 21.3 Å². The van der Waals surface area contributed by atoms with Gasteiger partial charge in [-0.05, 0) is 51.9 Å². The quantitative estimate of drug-likeness (QED) is 0.693. The van der Waals surface area contributed by atoms with Gasteiger partial charge in [0, 0.05) is 16.3 Å². The summed E-state index contributed by atoms with van der Waals surface area (Å²) in [6.07, 6.45) is 0. The zero-order chi connectivity index (χ0) is 14.7. The van der Waals surface area contributed by atoms with Crippen LogP contribution in [0.1, 0.15) is 9.75 Å². The van der Waals surface area contributed by atoms with Gasteiger partial charge in [-0.25, -0.2) is 0 Å². The molecule has 3 rings (SSSR count). The summed E-state index contributed by atoms with van der Waals surface area (Å²) in [6, 6.07) is 16.7. The molecule has 3 aromatic rings. The number of thiophene rings is 1. The van der Waals surface area contributed by atoms with Gasteiger partial charge in [0.2, 0.25) is 0 Å². The first-order valence-corrected chi connectivity index (χ1v) is 8.41. The van der Waals surface area contributed by atoms with E-state index in [1.165, 1.54) is 20.5 Å². The first kappa shape index (κ1) is 14.6. The van der Waals surface area contributed by atoms with E-state index in [0.717, 1.165) is 16.8 Å². The molecule has 0 spiro atoms. The third kappa shape index (κ3) is 3.28. The zero-order valence-corrected chi connectivity index (χ0v) is 14.1. The molecular formula is C17H16BrNOS. The molecule has 0 unspecified atom stereocenters. The Morgan fingerprint density at radius 2 is 1.86 bits per heavy atom. The van der Waals surface area contributed by atoms with Crippen molar-refractivity contribution in [3.8, 4) is 5.75 Å². The summed E-state index contributed by atoms with van der Waals surface area (Å²) in [5, 5.41) is 5.55. The SMILES string of the molecule is CNCc1ccc(COc2ccc3ccccc3c2Br)s1. The Labute approximate surface area is 136 Å². The molecule has 0 amide bonds. The van der Waals surface area contributed by atoms with E-state index in [-0.39, 0.29) is 0 Å². The van der Waals surface area contributed by atoms with Crippen molar-refractivity contribution >= 4 is 38.0 Å². The predicted molar refractivity (Wildman–Crippen MR) is 93.1 cm³/mol. The van der Waals surface area contributed by atoms with Crippen molar-refractivity contribution < 1.29 is 4.74 Å². The Kier molecular flexibility index (Phi) is 4.58. The second-order valence-corrected chi connectivity index (χ2v) is 6.83. The van der Waals surface area contributed by atoms with Crippen LogP contribution in [-0.2, 0) is 13.2 Å². The summed E-state index contributed by atoms with van der Waals surface area (Å²) < 4.78 is 6.99. The number of nitrogens with one attached hydrogen (secondary N) is 1. The molecule has 0 atom stereocenters. The van der Waals surface area contributed by atoms with Crippen molar-refractivity contribution in [2.24, 2.45) is 0 Å². The Hall–Kier alpha value is -1.36.